The molecule has 3 N–H and O–H groups in total. The quantitative estimate of drug-likeness (QED) is 0.732. The van der Waals surface area contributed by atoms with Gasteiger partial charge >= 0.3 is 5.97 Å². The van der Waals surface area contributed by atoms with Gasteiger partial charge in [0, 0.05) is 6.54 Å². The molecule has 1 aliphatic rings. The van der Waals surface area contributed by atoms with Crippen molar-refractivity contribution in [3.8, 4) is 0 Å². The average molecular weight is 270 g/mol. The van der Waals surface area contributed by atoms with E-state index >= 15 is 0 Å². The number of amides is 1. The Balaban J connectivity index is 2.49. The standard InChI is InChI=1S/C14H26N2O3/c1-9(2)12(15)13(17)16-8-10-6-4-5-7-11(10)14(18)19-3/h9-12H,4-8,15H2,1-3H3,(H,16,17)/t10-,11-,12-/m0/s1. The molecule has 1 fully saturated rings. The van der Waals surface area contributed by atoms with Crippen molar-refractivity contribution in [3.05, 3.63) is 0 Å². The molecule has 0 unspecified atom stereocenters. The molecule has 0 heterocycles. The Hall–Kier alpha value is -1.10. The third-order valence-corrected chi connectivity index (χ3v) is 3.97. The number of rotatable bonds is 5. The highest BCUT2D eigenvalue weighted by Crippen LogP contribution is 2.30. The van der Waals surface area contributed by atoms with E-state index in [-0.39, 0.29) is 29.6 Å². The van der Waals surface area contributed by atoms with E-state index in [1.165, 1.54) is 7.11 Å². The number of carbonyl (C=O) groups excluding carboxylic acids is 2. The molecule has 0 radical (unpaired) electrons. The first-order valence-electron chi connectivity index (χ1n) is 7.08. The highest BCUT2D eigenvalue weighted by atomic mass is 16.5. The summed E-state index contributed by atoms with van der Waals surface area (Å²) in [6, 6.07) is -0.486. The van der Waals surface area contributed by atoms with Crippen molar-refractivity contribution in [2.24, 2.45) is 23.5 Å². The van der Waals surface area contributed by atoms with E-state index in [0.717, 1.165) is 25.7 Å². The minimum Gasteiger partial charge on any atom is -0.469 e. The van der Waals surface area contributed by atoms with Gasteiger partial charge in [0.2, 0.25) is 5.91 Å². The minimum absolute atomic E-state index is 0.0886. The molecule has 110 valence electrons. The Kier molecular flexibility index (Phi) is 6.28. The number of ether oxygens (including phenoxy) is 1. The van der Waals surface area contributed by atoms with Crippen LogP contribution in [-0.4, -0.2) is 31.6 Å². The first-order chi connectivity index (χ1) is 8.97. The molecule has 0 saturated heterocycles. The third kappa shape index (κ3) is 4.49. The van der Waals surface area contributed by atoms with Crippen molar-refractivity contribution in [2.75, 3.05) is 13.7 Å². The lowest BCUT2D eigenvalue weighted by atomic mass is 9.79. The van der Waals surface area contributed by atoms with Crippen LogP contribution in [0.1, 0.15) is 39.5 Å². The maximum atomic E-state index is 11.8. The van der Waals surface area contributed by atoms with Gasteiger partial charge in [0.05, 0.1) is 19.1 Å². The molecule has 0 aliphatic heterocycles. The van der Waals surface area contributed by atoms with Crippen LogP contribution in [-0.2, 0) is 14.3 Å². The van der Waals surface area contributed by atoms with Crippen molar-refractivity contribution in [1.29, 1.82) is 0 Å². The number of nitrogens with two attached hydrogens (primary N) is 1. The van der Waals surface area contributed by atoms with E-state index in [9.17, 15) is 9.59 Å². The maximum absolute atomic E-state index is 11.8. The fourth-order valence-corrected chi connectivity index (χ4v) is 2.57. The van der Waals surface area contributed by atoms with Gasteiger partial charge in [0.1, 0.15) is 0 Å². The van der Waals surface area contributed by atoms with Crippen LogP contribution in [0.25, 0.3) is 0 Å². The molecule has 0 spiro atoms. The topological polar surface area (TPSA) is 81.4 Å². The van der Waals surface area contributed by atoms with Crippen molar-refractivity contribution in [2.45, 2.75) is 45.6 Å². The first kappa shape index (κ1) is 16.0. The fourth-order valence-electron chi connectivity index (χ4n) is 2.57. The van der Waals surface area contributed by atoms with E-state index in [1.807, 2.05) is 13.8 Å². The largest absolute Gasteiger partial charge is 0.469 e. The lowest BCUT2D eigenvalue weighted by Gasteiger charge is -2.30. The molecule has 1 amide bonds. The second-order valence-corrected chi connectivity index (χ2v) is 5.69. The van der Waals surface area contributed by atoms with Gasteiger partial charge in [-0.25, -0.2) is 0 Å². The van der Waals surface area contributed by atoms with Gasteiger partial charge in [-0.2, -0.15) is 0 Å². The second kappa shape index (κ2) is 7.48. The lowest BCUT2D eigenvalue weighted by Crippen LogP contribution is -2.46. The molecular formula is C14H26N2O3. The van der Waals surface area contributed by atoms with Gasteiger partial charge < -0.3 is 15.8 Å². The van der Waals surface area contributed by atoms with Crippen LogP contribution >= 0.6 is 0 Å². The van der Waals surface area contributed by atoms with Gasteiger partial charge in [0.15, 0.2) is 0 Å². The molecule has 0 bridgehead atoms. The highest BCUT2D eigenvalue weighted by molar-refractivity contribution is 5.81. The fraction of sp³-hybridized carbons (Fsp3) is 0.857. The minimum atomic E-state index is -0.486. The molecule has 5 heteroatoms. The summed E-state index contributed by atoms with van der Waals surface area (Å²) in [5.41, 5.74) is 5.79. The Morgan fingerprint density at radius 2 is 1.95 bits per heavy atom. The number of hydrogen-bond acceptors (Lipinski definition) is 4. The summed E-state index contributed by atoms with van der Waals surface area (Å²) in [5, 5.41) is 2.87. The molecule has 1 aliphatic carbocycles. The molecule has 1 rings (SSSR count). The Bertz CT molecular complexity index is 318. The van der Waals surface area contributed by atoms with Crippen molar-refractivity contribution >= 4 is 11.9 Å². The zero-order valence-corrected chi connectivity index (χ0v) is 12.1. The second-order valence-electron chi connectivity index (χ2n) is 5.69. The maximum Gasteiger partial charge on any atom is 0.309 e. The van der Waals surface area contributed by atoms with E-state index in [2.05, 4.69) is 5.32 Å². The van der Waals surface area contributed by atoms with Crippen LogP contribution in [0.5, 0.6) is 0 Å². The molecule has 0 aromatic heterocycles. The molecule has 0 aromatic rings. The zero-order chi connectivity index (χ0) is 14.4. The van der Waals surface area contributed by atoms with Crippen molar-refractivity contribution < 1.29 is 14.3 Å². The van der Waals surface area contributed by atoms with Gasteiger partial charge in [-0.3, -0.25) is 9.59 Å². The van der Waals surface area contributed by atoms with Crippen LogP contribution in [0.15, 0.2) is 0 Å². The van der Waals surface area contributed by atoms with Gasteiger partial charge in [-0.1, -0.05) is 26.7 Å². The SMILES string of the molecule is COC(=O)[C@H]1CCCC[C@H]1CNC(=O)[C@@H](N)C(C)C. The van der Waals surface area contributed by atoms with Crippen LogP contribution in [0.2, 0.25) is 0 Å². The molecule has 5 nitrogen and oxygen atoms in total. The summed E-state index contributed by atoms with van der Waals surface area (Å²) in [7, 11) is 1.42. The molecule has 0 aromatic carbocycles. The number of nitrogens with one attached hydrogen (secondary N) is 1. The summed E-state index contributed by atoms with van der Waals surface area (Å²) < 4.78 is 4.84. The van der Waals surface area contributed by atoms with Crippen molar-refractivity contribution in [3.63, 3.8) is 0 Å². The van der Waals surface area contributed by atoms with E-state index in [0.29, 0.717) is 6.54 Å². The van der Waals surface area contributed by atoms with Crippen LogP contribution in [0.4, 0.5) is 0 Å². The third-order valence-electron chi connectivity index (χ3n) is 3.97. The summed E-state index contributed by atoms with van der Waals surface area (Å²) >= 11 is 0. The Morgan fingerprint density at radius 1 is 1.32 bits per heavy atom. The normalized spacial score (nSPS) is 24.9. The van der Waals surface area contributed by atoms with Gasteiger partial charge in [0.25, 0.3) is 0 Å². The molecule has 19 heavy (non-hydrogen) atoms. The van der Waals surface area contributed by atoms with Crippen LogP contribution in [0.3, 0.4) is 0 Å². The van der Waals surface area contributed by atoms with Gasteiger partial charge in [-0.15, -0.1) is 0 Å². The van der Waals surface area contributed by atoms with Gasteiger partial charge in [-0.05, 0) is 24.7 Å². The summed E-state index contributed by atoms with van der Waals surface area (Å²) in [6.45, 7) is 4.35. The zero-order valence-electron chi connectivity index (χ0n) is 12.1. The van der Waals surface area contributed by atoms with Crippen LogP contribution in [0, 0.1) is 17.8 Å². The molecule has 3 atom stereocenters. The smallest absolute Gasteiger partial charge is 0.309 e. The molecule has 1 saturated carbocycles. The Labute approximate surface area is 115 Å². The average Bonchev–Trinajstić information content (AvgIpc) is 2.43. The highest BCUT2D eigenvalue weighted by Gasteiger charge is 2.32. The lowest BCUT2D eigenvalue weighted by molar-refractivity contribution is -0.148. The number of methoxy groups -OCH3 is 1. The monoisotopic (exact) mass is 270 g/mol. The number of carbonyl (C=O) groups is 2. The molecular weight excluding hydrogens is 244 g/mol. The summed E-state index contributed by atoms with van der Waals surface area (Å²) in [5.74, 6) is -0.0992. The number of esters is 1. The Morgan fingerprint density at radius 3 is 2.53 bits per heavy atom. The predicted molar refractivity (Wildman–Crippen MR) is 73.3 cm³/mol. The van der Waals surface area contributed by atoms with Crippen molar-refractivity contribution in [1.82, 2.24) is 5.32 Å². The van der Waals surface area contributed by atoms with E-state index in [1.54, 1.807) is 0 Å². The van der Waals surface area contributed by atoms with E-state index < -0.39 is 6.04 Å². The summed E-state index contributed by atoms with van der Waals surface area (Å²) in [6.07, 6.45) is 3.96. The number of hydrogen-bond donors (Lipinski definition) is 2. The first-order valence-corrected chi connectivity index (χ1v) is 7.08. The summed E-state index contributed by atoms with van der Waals surface area (Å²) in [4.78, 5) is 23.5. The van der Waals surface area contributed by atoms with E-state index in [4.69, 9.17) is 10.5 Å². The van der Waals surface area contributed by atoms with Crippen LogP contribution < -0.4 is 11.1 Å². The predicted octanol–water partition coefficient (Wildman–Crippen LogP) is 1.07.